The second-order valence-corrected chi connectivity index (χ2v) is 7.50. The molecule has 1 aromatic heterocycles. The zero-order valence-corrected chi connectivity index (χ0v) is 16.2. The van der Waals surface area contributed by atoms with Crippen molar-refractivity contribution in [1.29, 1.82) is 0 Å². The molecule has 1 heterocycles. The fourth-order valence-electron chi connectivity index (χ4n) is 4.08. The van der Waals surface area contributed by atoms with Crippen LogP contribution in [0.1, 0.15) is 11.1 Å². The van der Waals surface area contributed by atoms with Crippen LogP contribution in [0.4, 0.5) is 26.3 Å². The Morgan fingerprint density at radius 2 is 1.28 bits per heavy atom. The van der Waals surface area contributed by atoms with Gasteiger partial charge < -0.3 is 0 Å². The van der Waals surface area contributed by atoms with Gasteiger partial charge in [0.25, 0.3) is 0 Å². The van der Waals surface area contributed by atoms with Gasteiger partial charge in [-0.2, -0.15) is 26.3 Å². The molecule has 0 N–H and O–H groups in total. The Morgan fingerprint density at radius 3 is 2.03 bits per heavy atom. The summed E-state index contributed by atoms with van der Waals surface area (Å²) >= 11 is 0. The quantitative estimate of drug-likeness (QED) is 0.189. The van der Waals surface area contributed by atoms with Gasteiger partial charge in [-0.05, 0) is 57.3 Å². The monoisotopic (exact) mass is 441 g/mol. The summed E-state index contributed by atoms with van der Waals surface area (Å²) in [7, 11) is 0. The number of rotatable bonds is 1. The normalized spacial score (nSPS) is 12.7. The van der Waals surface area contributed by atoms with Crippen molar-refractivity contribution in [2.24, 2.45) is 0 Å². The van der Waals surface area contributed by atoms with Crippen molar-refractivity contribution in [2.75, 3.05) is 0 Å². The van der Waals surface area contributed by atoms with E-state index < -0.39 is 23.5 Å². The predicted molar refractivity (Wildman–Crippen MR) is 112 cm³/mol. The summed E-state index contributed by atoms with van der Waals surface area (Å²) in [5.41, 5.74) is -0.906. The van der Waals surface area contributed by atoms with Crippen molar-refractivity contribution in [1.82, 2.24) is 4.98 Å². The molecule has 0 saturated heterocycles. The summed E-state index contributed by atoms with van der Waals surface area (Å²) in [5, 5.41) is 2.64. The maximum absolute atomic E-state index is 13.8. The molecule has 160 valence electrons. The van der Waals surface area contributed by atoms with Crippen molar-refractivity contribution in [3.8, 4) is 11.3 Å². The lowest BCUT2D eigenvalue weighted by atomic mass is 9.94. The Balaban J connectivity index is 1.78. The summed E-state index contributed by atoms with van der Waals surface area (Å²) in [6.07, 6.45) is -7.57. The van der Waals surface area contributed by atoms with Gasteiger partial charge in [0.05, 0.1) is 16.8 Å². The third-order valence-corrected chi connectivity index (χ3v) is 5.53. The lowest BCUT2D eigenvalue weighted by Gasteiger charge is -2.15. The topological polar surface area (TPSA) is 12.9 Å². The van der Waals surface area contributed by atoms with Gasteiger partial charge in [0.15, 0.2) is 0 Å². The fourth-order valence-corrected chi connectivity index (χ4v) is 4.08. The van der Waals surface area contributed by atoms with E-state index in [0.29, 0.717) is 32.6 Å². The third kappa shape index (κ3) is 3.34. The number of aromatic nitrogens is 1. The molecule has 32 heavy (non-hydrogen) atoms. The molecule has 0 bridgehead atoms. The lowest BCUT2D eigenvalue weighted by Crippen LogP contribution is -2.06. The fraction of sp³-hybridized carbons (Fsp3) is 0.0800. The molecule has 0 fully saturated rings. The Labute approximate surface area is 177 Å². The third-order valence-electron chi connectivity index (χ3n) is 5.53. The molecular weight excluding hydrogens is 428 g/mol. The molecule has 5 aromatic rings. The maximum Gasteiger partial charge on any atom is 0.417 e. The second kappa shape index (κ2) is 6.95. The number of hydrogen-bond acceptors (Lipinski definition) is 1. The van der Waals surface area contributed by atoms with Gasteiger partial charge >= 0.3 is 12.4 Å². The van der Waals surface area contributed by atoms with Crippen molar-refractivity contribution in [2.45, 2.75) is 12.4 Å². The van der Waals surface area contributed by atoms with E-state index in [4.69, 9.17) is 0 Å². The minimum absolute atomic E-state index is 0.0918. The highest BCUT2D eigenvalue weighted by Gasteiger charge is 2.33. The number of pyridine rings is 1. The minimum atomic E-state index is -4.55. The number of fused-ring (bicyclic) bond motifs is 4. The molecule has 0 aliphatic carbocycles. The van der Waals surface area contributed by atoms with Gasteiger partial charge in [0.1, 0.15) is 0 Å². The zero-order valence-electron chi connectivity index (χ0n) is 16.2. The minimum Gasteiger partial charge on any atom is -0.256 e. The zero-order chi connectivity index (χ0) is 22.7. The SMILES string of the molecule is FC(F)(F)c1ccc2c(ccc3c(-c4cc(C(F)(F)F)c5ccccc5c4)nccc32)c1. The summed E-state index contributed by atoms with van der Waals surface area (Å²) in [5.74, 6) is 0. The van der Waals surface area contributed by atoms with Gasteiger partial charge in [-0.1, -0.05) is 42.5 Å². The summed E-state index contributed by atoms with van der Waals surface area (Å²) in [4.78, 5) is 4.32. The van der Waals surface area contributed by atoms with E-state index in [1.165, 1.54) is 24.4 Å². The van der Waals surface area contributed by atoms with Gasteiger partial charge in [0.2, 0.25) is 0 Å². The summed E-state index contributed by atoms with van der Waals surface area (Å²) < 4.78 is 80.5. The van der Waals surface area contributed by atoms with Gasteiger partial charge in [-0.3, -0.25) is 4.98 Å². The van der Waals surface area contributed by atoms with Crippen LogP contribution in [0.5, 0.6) is 0 Å². The molecule has 7 heteroatoms. The Morgan fingerprint density at radius 1 is 0.562 bits per heavy atom. The van der Waals surface area contributed by atoms with E-state index >= 15 is 0 Å². The number of nitrogens with zero attached hydrogens (tertiary/aromatic N) is 1. The lowest BCUT2D eigenvalue weighted by molar-refractivity contribution is -0.137. The Hall–Kier alpha value is -3.61. The van der Waals surface area contributed by atoms with E-state index in [9.17, 15) is 26.3 Å². The van der Waals surface area contributed by atoms with Crippen LogP contribution in [0.25, 0.3) is 43.6 Å². The molecule has 0 atom stereocenters. The van der Waals surface area contributed by atoms with E-state index in [2.05, 4.69) is 4.98 Å². The van der Waals surface area contributed by atoms with Gasteiger partial charge in [0, 0.05) is 17.1 Å². The van der Waals surface area contributed by atoms with Crippen molar-refractivity contribution >= 4 is 32.3 Å². The van der Waals surface area contributed by atoms with E-state index in [1.807, 2.05) is 0 Å². The first kappa shape index (κ1) is 20.3. The molecule has 1 nitrogen and oxygen atoms in total. The van der Waals surface area contributed by atoms with Crippen molar-refractivity contribution in [3.05, 3.63) is 90.1 Å². The van der Waals surface area contributed by atoms with Crippen LogP contribution in [-0.4, -0.2) is 4.98 Å². The van der Waals surface area contributed by atoms with Crippen LogP contribution in [0, 0.1) is 0 Å². The van der Waals surface area contributed by atoms with Crippen LogP contribution in [0.3, 0.4) is 0 Å². The van der Waals surface area contributed by atoms with Crippen LogP contribution >= 0.6 is 0 Å². The molecule has 4 aromatic carbocycles. The van der Waals surface area contributed by atoms with Crippen molar-refractivity contribution in [3.63, 3.8) is 0 Å². The van der Waals surface area contributed by atoms with Gasteiger partial charge in [-0.25, -0.2) is 0 Å². The standard InChI is InChI=1S/C25H13F6N/c26-24(27,28)17-6-8-18-15(12-17)5-7-21-20(18)9-10-32-23(21)16-11-14-3-1-2-4-19(14)22(13-16)25(29,30)31/h1-13H. The Bertz CT molecular complexity index is 1500. The number of hydrogen-bond donors (Lipinski definition) is 0. The van der Waals surface area contributed by atoms with E-state index in [0.717, 1.165) is 18.2 Å². The largest absolute Gasteiger partial charge is 0.417 e. The first-order chi connectivity index (χ1) is 15.1. The molecule has 0 radical (unpaired) electrons. The van der Waals surface area contributed by atoms with Crippen LogP contribution in [-0.2, 0) is 12.4 Å². The summed E-state index contributed by atoms with van der Waals surface area (Å²) in [6.45, 7) is 0. The Kier molecular flexibility index (Phi) is 4.41. The molecule has 0 unspecified atom stereocenters. The smallest absolute Gasteiger partial charge is 0.256 e. The van der Waals surface area contributed by atoms with Crippen LogP contribution < -0.4 is 0 Å². The maximum atomic E-state index is 13.8. The second-order valence-electron chi connectivity index (χ2n) is 7.50. The van der Waals surface area contributed by atoms with E-state index in [1.54, 1.807) is 36.4 Å². The average Bonchev–Trinajstić information content (AvgIpc) is 2.76. The average molecular weight is 441 g/mol. The predicted octanol–water partition coefficient (Wildman–Crippen LogP) is 8.25. The molecule has 0 spiro atoms. The molecule has 0 aliphatic heterocycles. The van der Waals surface area contributed by atoms with Crippen LogP contribution in [0.15, 0.2) is 79.0 Å². The highest BCUT2D eigenvalue weighted by atomic mass is 19.4. The van der Waals surface area contributed by atoms with E-state index in [-0.39, 0.29) is 10.9 Å². The molecule has 0 saturated carbocycles. The molecular formula is C25H13F6N. The molecule has 0 amide bonds. The van der Waals surface area contributed by atoms with Crippen molar-refractivity contribution < 1.29 is 26.3 Å². The molecule has 5 rings (SSSR count). The van der Waals surface area contributed by atoms with Crippen LogP contribution in [0.2, 0.25) is 0 Å². The highest BCUT2D eigenvalue weighted by Crippen LogP contribution is 2.40. The highest BCUT2D eigenvalue weighted by molar-refractivity contribution is 6.11. The number of alkyl halides is 6. The first-order valence-corrected chi connectivity index (χ1v) is 9.62. The molecule has 0 aliphatic rings. The first-order valence-electron chi connectivity index (χ1n) is 9.62. The number of halogens is 6. The van der Waals surface area contributed by atoms with Gasteiger partial charge in [-0.15, -0.1) is 0 Å². The summed E-state index contributed by atoms with van der Waals surface area (Å²) in [6, 6.07) is 17.2. The number of benzene rings is 4.